The van der Waals surface area contributed by atoms with E-state index in [2.05, 4.69) is 18.3 Å². The monoisotopic (exact) mass is 567 g/mol. The Bertz CT molecular complexity index is 1190. The van der Waals surface area contributed by atoms with Crippen molar-refractivity contribution in [2.45, 2.75) is 103 Å². The summed E-state index contributed by atoms with van der Waals surface area (Å²) in [4.78, 5) is 50.0. The Balaban J connectivity index is 1.14. The number of rotatable bonds is 9. The van der Waals surface area contributed by atoms with Gasteiger partial charge >= 0.3 is 5.97 Å². The summed E-state index contributed by atoms with van der Waals surface area (Å²) in [7, 11) is 0. The van der Waals surface area contributed by atoms with Crippen LogP contribution < -0.4 is 5.32 Å². The largest absolute Gasteiger partial charge is 0.458 e. The SMILES string of the molecule is C[C@]12C=CC(=O)C=C1CCC1C2C(O)C[C@@]2(C)C1CC[C@]2(O)C(=O)COC(=O)CCC(=O)NCCC1=CCCCC1. The van der Waals surface area contributed by atoms with E-state index in [4.69, 9.17) is 4.74 Å². The van der Waals surface area contributed by atoms with Crippen LogP contribution in [0.4, 0.5) is 0 Å². The van der Waals surface area contributed by atoms with Crippen molar-refractivity contribution in [2.75, 3.05) is 13.2 Å². The Kier molecular flexibility index (Phi) is 8.46. The number of fused-ring (bicyclic) bond motifs is 5. The van der Waals surface area contributed by atoms with Gasteiger partial charge in [0, 0.05) is 29.7 Å². The van der Waals surface area contributed by atoms with Crippen LogP contribution in [0.3, 0.4) is 0 Å². The van der Waals surface area contributed by atoms with Gasteiger partial charge in [-0.05, 0) is 88.2 Å². The quantitative estimate of drug-likeness (QED) is 0.285. The zero-order chi connectivity index (χ0) is 29.4. The molecule has 8 nitrogen and oxygen atoms in total. The number of aliphatic hydroxyl groups excluding tert-OH is 1. The molecule has 0 radical (unpaired) electrons. The molecular weight excluding hydrogens is 522 g/mol. The van der Waals surface area contributed by atoms with Gasteiger partial charge in [-0.2, -0.15) is 0 Å². The normalized spacial score (nSPS) is 37.7. The van der Waals surface area contributed by atoms with Gasteiger partial charge in [0.2, 0.25) is 11.7 Å². The molecule has 5 rings (SSSR count). The van der Waals surface area contributed by atoms with Crippen molar-refractivity contribution in [1.82, 2.24) is 5.32 Å². The van der Waals surface area contributed by atoms with Crippen molar-refractivity contribution >= 4 is 23.4 Å². The molecule has 7 atom stereocenters. The second-order valence-corrected chi connectivity index (χ2v) is 13.4. The van der Waals surface area contributed by atoms with Crippen LogP contribution in [0.15, 0.2) is 35.5 Å². The number of nitrogens with one attached hydrogen (secondary N) is 1. The van der Waals surface area contributed by atoms with Crippen LogP contribution >= 0.6 is 0 Å². The summed E-state index contributed by atoms with van der Waals surface area (Å²) in [5.41, 5.74) is -0.545. The van der Waals surface area contributed by atoms with Crippen LogP contribution in [0, 0.1) is 28.6 Å². The summed E-state index contributed by atoms with van der Waals surface area (Å²) in [6.45, 7) is 3.98. The number of carbonyl (C=O) groups excluding carboxylic acids is 4. The number of aliphatic hydroxyl groups is 2. The van der Waals surface area contributed by atoms with Crippen molar-refractivity contribution in [3.63, 3.8) is 0 Å². The molecule has 4 unspecified atom stereocenters. The maximum atomic E-state index is 13.4. The van der Waals surface area contributed by atoms with E-state index in [-0.39, 0.29) is 55.1 Å². The number of hydrogen-bond acceptors (Lipinski definition) is 7. The summed E-state index contributed by atoms with van der Waals surface area (Å²) in [6, 6.07) is 0. The molecule has 224 valence electrons. The molecule has 41 heavy (non-hydrogen) atoms. The smallest absolute Gasteiger partial charge is 0.306 e. The van der Waals surface area contributed by atoms with Gasteiger partial charge in [0.1, 0.15) is 5.60 Å². The van der Waals surface area contributed by atoms with Crippen LogP contribution in [-0.4, -0.2) is 58.5 Å². The molecule has 5 aliphatic carbocycles. The van der Waals surface area contributed by atoms with Gasteiger partial charge in [-0.15, -0.1) is 0 Å². The highest BCUT2D eigenvalue weighted by atomic mass is 16.5. The zero-order valence-corrected chi connectivity index (χ0v) is 24.5. The maximum Gasteiger partial charge on any atom is 0.306 e. The van der Waals surface area contributed by atoms with Crippen molar-refractivity contribution in [3.8, 4) is 0 Å². The van der Waals surface area contributed by atoms with Gasteiger partial charge in [0.15, 0.2) is 12.4 Å². The first-order chi connectivity index (χ1) is 19.5. The number of ether oxygens (including phenoxy) is 1. The second-order valence-electron chi connectivity index (χ2n) is 13.4. The zero-order valence-electron chi connectivity index (χ0n) is 24.5. The summed E-state index contributed by atoms with van der Waals surface area (Å²) >= 11 is 0. The van der Waals surface area contributed by atoms with E-state index in [1.807, 2.05) is 13.0 Å². The van der Waals surface area contributed by atoms with Crippen LogP contribution in [0.2, 0.25) is 0 Å². The van der Waals surface area contributed by atoms with Crippen LogP contribution in [-0.2, 0) is 23.9 Å². The molecule has 3 saturated carbocycles. The molecule has 3 fully saturated rings. The van der Waals surface area contributed by atoms with Crippen LogP contribution in [0.5, 0.6) is 0 Å². The van der Waals surface area contributed by atoms with E-state index in [9.17, 15) is 29.4 Å². The van der Waals surface area contributed by atoms with Crippen molar-refractivity contribution < 1.29 is 34.1 Å². The summed E-state index contributed by atoms with van der Waals surface area (Å²) in [5.74, 6) is -1.40. The Hall–Kier alpha value is -2.58. The summed E-state index contributed by atoms with van der Waals surface area (Å²) in [5, 5.41) is 26.1. The highest BCUT2D eigenvalue weighted by Gasteiger charge is 2.68. The predicted octanol–water partition coefficient (Wildman–Crippen LogP) is 3.90. The first-order valence-electron chi connectivity index (χ1n) is 15.5. The minimum atomic E-state index is -1.70. The number of allylic oxidation sites excluding steroid dienone is 5. The number of Topliss-reactive ketones (excluding diaryl/α,β-unsaturated/α-hetero) is 1. The number of hydrogen-bond donors (Lipinski definition) is 3. The highest BCUT2D eigenvalue weighted by Crippen LogP contribution is 2.67. The molecular formula is C33H45NO7. The lowest BCUT2D eigenvalue weighted by Crippen LogP contribution is -2.61. The van der Waals surface area contributed by atoms with E-state index in [1.165, 1.54) is 18.4 Å². The third kappa shape index (κ3) is 5.50. The maximum absolute atomic E-state index is 13.4. The van der Waals surface area contributed by atoms with E-state index in [0.717, 1.165) is 37.7 Å². The lowest BCUT2D eigenvalue weighted by molar-refractivity contribution is -0.181. The van der Waals surface area contributed by atoms with Crippen molar-refractivity contribution in [3.05, 3.63) is 35.5 Å². The van der Waals surface area contributed by atoms with Crippen LogP contribution in [0.25, 0.3) is 0 Å². The molecule has 0 bridgehead atoms. The number of amides is 1. The van der Waals surface area contributed by atoms with Gasteiger partial charge < -0.3 is 20.3 Å². The third-order valence-electron chi connectivity index (χ3n) is 11.2. The molecule has 0 aliphatic heterocycles. The summed E-state index contributed by atoms with van der Waals surface area (Å²) < 4.78 is 5.24. The van der Waals surface area contributed by atoms with Crippen LogP contribution in [0.1, 0.15) is 90.9 Å². The van der Waals surface area contributed by atoms with E-state index < -0.39 is 40.9 Å². The van der Waals surface area contributed by atoms with Gasteiger partial charge in [0.05, 0.1) is 12.5 Å². The fraction of sp³-hybridized carbons (Fsp3) is 0.697. The molecule has 3 N–H and O–H groups in total. The lowest BCUT2D eigenvalue weighted by atomic mass is 9.46. The van der Waals surface area contributed by atoms with E-state index in [1.54, 1.807) is 12.2 Å². The van der Waals surface area contributed by atoms with Gasteiger partial charge in [0.25, 0.3) is 0 Å². The predicted molar refractivity (Wildman–Crippen MR) is 152 cm³/mol. The molecule has 0 heterocycles. The highest BCUT2D eigenvalue weighted by molar-refractivity contribution is 6.01. The Labute approximate surface area is 242 Å². The fourth-order valence-electron chi connectivity index (χ4n) is 8.92. The Morgan fingerprint density at radius 1 is 1.12 bits per heavy atom. The molecule has 0 spiro atoms. The molecule has 1 amide bonds. The first kappa shape index (κ1) is 29.9. The third-order valence-corrected chi connectivity index (χ3v) is 11.2. The number of esters is 1. The Morgan fingerprint density at radius 2 is 1.93 bits per heavy atom. The molecule has 5 aliphatic rings. The van der Waals surface area contributed by atoms with E-state index >= 15 is 0 Å². The average molecular weight is 568 g/mol. The second kappa shape index (κ2) is 11.6. The first-order valence-corrected chi connectivity index (χ1v) is 15.5. The summed E-state index contributed by atoms with van der Waals surface area (Å²) in [6.07, 6.45) is 14.7. The van der Waals surface area contributed by atoms with E-state index in [0.29, 0.717) is 13.0 Å². The van der Waals surface area contributed by atoms with Gasteiger partial charge in [-0.1, -0.05) is 37.1 Å². The molecule has 0 saturated heterocycles. The number of carbonyl (C=O) groups is 4. The molecule has 0 aromatic heterocycles. The van der Waals surface area contributed by atoms with Crippen molar-refractivity contribution in [1.29, 1.82) is 0 Å². The number of ketones is 2. The average Bonchev–Trinajstić information content (AvgIpc) is 3.22. The molecule has 8 heteroatoms. The topological polar surface area (TPSA) is 130 Å². The standard InChI is InChI=1S/C33H45NO7/c1-31-15-12-23(35)18-22(31)8-9-24-25-13-16-33(40,32(25,2)19-26(36)30(24)31)27(37)20-41-29(39)11-10-28(38)34-17-14-21-6-4-3-5-7-21/h6,12,15,18,24-26,30,36,40H,3-5,7-11,13-14,16-17,19-20H2,1-2H3,(H,34,38)/t24?,25?,26?,30?,31-,32-,33-/m0/s1. The minimum absolute atomic E-state index is 0.0133. The minimum Gasteiger partial charge on any atom is -0.458 e. The fourth-order valence-corrected chi connectivity index (χ4v) is 8.92. The lowest BCUT2D eigenvalue weighted by Gasteiger charge is -2.59. The van der Waals surface area contributed by atoms with Gasteiger partial charge in [-0.25, -0.2) is 0 Å². The molecule has 0 aromatic carbocycles. The van der Waals surface area contributed by atoms with Gasteiger partial charge in [-0.3, -0.25) is 19.2 Å². The Morgan fingerprint density at radius 3 is 2.68 bits per heavy atom. The van der Waals surface area contributed by atoms with Crippen molar-refractivity contribution in [2.24, 2.45) is 28.6 Å². The molecule has 0 aromatic rings.